The van der Waals surface area contributed by atoms with Crippen LogP contribution in [0.5, 0.6) is 0 Å². The lowest BCUT2D eigenvalue weighted by Gasteiger charge is -2.46. The Bertz CT molecular complexity index is 681. The highest BCUT2D eigenvalue weighted by atomic mass is 19.1. The third-order valence-corrected chi connectivity index (χ3v) is 6.52. The summed E-state index contributed by atoms with van der Waals surface area (Å²) in [7, 11) is 0. The molecule has 3 aliphatic rings. The highest BCUT2D eigenvalue weighted by molar-refractivity contribution is 5.78. The second kappa shape index (κ2) is 8.07. The first kappa shape index (κ1) is 18.6. The summed E-state index contributed by atoms with van der Waals surface area (Å²) in [6, 6.07) is 4.07. The molecule has 1 spiro atoms. The Morgan fingerprint density at radius 1 is 1.04 bits per heavy atom. The topological polar surface area (TPSA) is 35.0 Å². The van der Waals surface area contributed by atoms with Gasteiger partial charge in [0.1, 0.15) is 12.5 Å². The van der Waals surface area contributed by atoms with E-state index < -0.39 is 0 Å². The predicted molar refractivity (Wildman–Crippen MR) is 108 cm³/mol. The Morgan fingerprint density at radius 3 is 2.33 bits per heavy atom. The van der Waals surface area contributed by atoms with Gasteiger partial charge >= 0.3 is 0 Å². The van der Waals surface area contributed by atoms with Crippen LogP contribution in [-0.4, -0.2) is 60.4 Å². The number of aliphatic imine (C=N–C) groups is 1. The SMILES string of the molecule is CCN1CCC2(CC1)CCN(Cc1ccc(N3C=C(F)C=NC3)nc1)CC2. The zero-order valence-corrected chi connectivity index (χ0v) is 16.3. The maximum atomic E-state index is 13.3. The fraction of sp³-hybridized carbons (Fsp3) is 0.619. The molecular weight excluding hydrogens is 341 g/mol. The van der Waals surface area contributed by atoms with E-state index in [1.165, 1.54) is 76.4 Å². The van der Waals surface area contributed by atoms with Gasteiger partial charge in [0, 0.05) is 18.9 Å². The number of halogens is 1. The van der Waals surface area contributed by atoms with Crippen LogP contribution in [0.15, 0.2) is 35.3 Å². The van der Waals surface area contributed by atoms with Gasteiger partial charge in [0.25, 0.3) is 0 Å². The van der Waals surface area contributed by atoms with E-state index in [2.05, 4.69) is 32.8 Å². The molecule has 1 aromatic heterocycles. The Balaban J connectivity index is 1.29. The minimum Gasteiger partial charge on any atom is -0.310 e. The van der Waals surface area contributed by atoms with Gasteiger partial charge in [-0.25, -0.2) is 9.37 Å². The first-order chi connectivity index (χ1) is 13.2. The number of rotatable bonds is 4. The van der Waals surface area contributed by atoms with Crippen LogP contribution in [0.1, 0.15) is 38.2 Å². The van der Waals surface area contributed by atoms with E-state index in [4.69, 9.17) is 0 Å². The number of hydrogen-bond acceptors (Lipinski definition) is 5. The average Bonchev–Trinajstić information content (AvgIpc) is 2.71. The van der Waals surface area contributed by atoms with Crippen molar-refractivity contribution in [2.45, 2.75) is 39.2 Å². The molecule has 0 radical (unpaired) electrons. The number of allylic oxidation sites excluding steroid dienone is 1. The molecule has 5 nitrogen and oxygen atoms in total. The molecule has 0 saturated carbocycles. The molecule has 0 bridgehead atoms. The van der Waals surface area contributed by atoms with Crippen molar-refractivity contribution < 1.29 is 4.39 Å². The van der Waals surface area contributed by atoms with Gasteiger partial charge in [-0.3, -0.25) is 9.89 Å². The molecule has 4 heterocycles. The summed E-state index contributed by atoms with van der Waals surface area (Å²) in [4.78, 5) is 15.4. The summed E-state index contributed by atoms with van der Waals surface area (Å²) < 4.78 is 13.3. The number of pyridine rings is 1. The van der Waals surface area contributed by atoms with Crippen LogP contribution in [0, 0.1) is 5.41 Å². The summed E-state index contributed by atoms with van der Waals surface area (Å²) in [5.74, 6) is 0.408. The van der Waals surface area contributed by atoms with Crippen molar-refractivity contribution in [1.29, 1.82) is 0 Å². The predicted octanol–water partition coefficient (Wildman–Crippen LogP) is 3.44. The van der Waals surface area contributed by atoms with Gasteiger partial charge in [-0.2, -0.15) is 0 Å². The van der Waals surface area contributed by atoms with E-state index in [0.29, 0.717) is 12.1 Å². The van der Waals surface area contributed by atoms with Crippen molar-refractivity contribution in [2.75, 3.05) is 44.3 Å². The van der Waals surface area contributed by atoms with Gasteiger partial charge in [-0.1, -0.05) is 13.0 Å². The standard InChI is InChI=1S/C21H30FN5/c1-2-25-9-5-21(6-10-25)7-11-26(12-8-21)15-18-3-4-20(24-13-18)27-16-19(22)14-23-17-27/h3-4,13-14,16H,2,5-12,15,17H2,1H3. The zero-order chi connectivity index (χ0) is 18.7. The summed E-state index contributed by atoms with van der Waals surface area (Å²) in [5, 5.41) is 0. The molecule has 27 heavy (non-hydrogen) atoms. The number of likely N-dealkylation sites (tertiary alicyclic amines) is 2. The Kier molecular flexibility index (Phi) is 5.55. The molecule has 0 atom stereocenters. The minimum absolute atomic E-state index is 0.334. The van der Waals surface area contributed by atoms with E-state index in [9.17, 15) is 4.39 Å². The highest BCUT2D eigenvalue weighted by Gasteiger charge is 2.37. The Labute approximate surface area is 161 Å². The van der Waals surface area contributed by atoms with E-state index in [1.54, 1.807) is 4.90 Å². The number of aromatic nitrogens is 1. The molecule has 2 fully saturated rings. The maximum absolute atomic E-state index is 13.3. The lowest BCUT2D eigenvalue weighted by atomic mass is 9.71. The van der Waals surface area contributed by atoms with Crippen molar-refractivity contribution in [3.8, 4) is 0 Å². The van der Waals surface area contributed by atoms with Crippen molar-refractivity contribution >= 4 is 12.0 Å². The summed E-state index contributed by atoms with van der Waals surface area (Å²) in [6.07, 6.45) is 10.0. The van der Waals surface area contributed by atoms with Gasteiger partial charge in [-0.15, -0.1) is 0 Å². The Hall–Kier alpha value is -1.79. The van der Waals surface area contributed by atoms with Gasteiger partial charge < -0.3 is 9.80 Å². The lowest BCUT2D eigenvalue weighted by Crippen LogP contribution is -2.46. The molecule has 0 amide bonds. The molecular formula is C21H30FN5. The zero-order valence-electron chi connectivity index (χ0n) is 16.3. The van der Waals surface area contributed by atoms with Crippen LogP contribution in [0.3, 0.4) is 0 Å². The number of piperidine rings is 2. The average molecular weight is 372 g/mol. The van der Waals surface area contributed by atoms with Crippen LogP contribution >= 0.6 is 0 Å². The van der Waals surface area contributed by atoms with Gasteiger partial charge in [0.05, 0.1) is 6.21 Å². The molecule has 0 unspecified atom stereocenters. The summed E-state index contributed by atoms with van der Waals surface area (Å²) >= 11 is 0. The van der Waals surface area contributed by atoms with E-state index in [0.717, 1.165) is 12.4 Å². The maximum Gasteiger partial charge on any atom is 0.157 e. The van der Waals surface area contributed by atoms with Crippen molar-refractivity contribution in [3.63, 3.8) is 0 Å². The monoisotopic (exact) mass is 371 g/mol. The quantitative estimate of drug-likeness (QED) is 0.812. The van der Waals surface area contributed by atoms with Crippen molar-refractivity contribution in [1.82, 2.24) is 14.8 Å². The van der Waals surface area contributed by atoms with Crippen molar-refractivity contribution in [3.05, 3.63) is 35.9 Å². The fourth-order valence-corrected chi connectivity index (χ4v) is 4.55. The van der Waals surface area contributed by atoms with Crippen LogP contribution in [0.4, 0.5) is 10.2 Å². The second-order valence-electron chi connectivity index (χ2n) is 8.17. The molecule has 4 rings (SSSR count). The van der Waals surface area contributed by atoms with Crippen LogP contribution in [0.2, 0.25) is 0 Å². The van der Waals surface area contributed by atoms with E-state index in [1.807, 2.05) is 12.3 Å². The third-order valence-electron chi connectivity index (χ3n) is 6.52. The molecule has 0 aromatic carbocycles. The third kappa shape index (κ3) is 4.38. The number of anilines is 1. The lowest BCUT2D eigenvalue weighted by molar-refractivity contribution is 0.0340. The molecule has 146 valence electrons. The highest BCUT2D eigenvalue weighted by Crippen LogP contribution is 2.41. The van der Waals surface area contributed by atoms with Gasteiger partial charge in [0.15, 0.2) is 5.83 Å². The van der Waals surface area contributed by atoms with E-state index in [-0.39, 0.29) is 5.83 Å². The summed E-state index contributed by atoms with van der Waals surface area (Å²) in [6.45, 7) is 9.75. The first-order valence-corrected chi connectivity index (χ1v) is 10.2. The normalized spacial score (nSPS) is 23.6. The number of hydrogen-bond donors (Lipinski definition) is 0. The molecule has 1 aromatic rings. The molecule has 0 N–H and O–H groups in total. The smallest absolute Gasteiger partial charge is 0.157 e. The summed E-state index contributed by atoms with van der Waals surface area (Å²) in [5.41, 5.74) is 1.82. The van der Waals surface area contributed by atoms with Gasteiger partial charge in [-0.05, 0) is 75.5 Å². The largest absolute Gasteiger partial charge is 0.310 e. The molecule has 6 heteroatoms. The number of nitrogens with zero attached hydrogens (tertiary/aromatic N) is 5. The Morgan fingerprint density at radius 2 is 1.74 bits per heavy atom. The fourth-order valence-electron chi connectivity index (χ4n) is 4.55. The second-order valence-corrected chi connectivity index (χ2v) is 8.17. The van der Waals surface area contributed by atoms with Crippen LogP contribution in [-0.2, 0) is 6.54 Å². The van der Waals surface area contributed by atoms with Crippen molar-refractivity contribution in [2.24, 2.45) is 10.4 Å². The molecule has 2 saturated heterocycles. The van der Waals surface area contributed by atoms with Crippen LogP contribution in [0.25, 0.3) is 0 Å². The van der Waals surface area contributed by atoms with E-state index >= 15 is 0 Å². The molecule has 0 aliphatic carbocycles. The van der Waals surface area contributed by atoms with Crippen LogP contribution < -0.4 is 4.90 Å². The minimum atomic E-state index is -0.334. The first-order valence-electron chi connectivity index (χ1n) is 10.2. The molecule has 3 aliphatic heterocycles. The van der Waals surface area contributed by atoms with Gasteiger partial charge in [0.2, 0.25) is 0 Å².